The number of hydrogen-bond donors (Lipinski definition) is 0. The molecule has 1 aliphatic rings. The molecule has 0 unspecified atom stereocenters. The molecule has 1 fully saturated rings. The second-order valence-electron chi connectivity index (χ2n) is 6.10. The summed E-state index contributed by atoms with van der Waals surface area (Å²) in [5.41, 5.74) is 1.39. The summed E-state index contributed by atoms with van der Waals surface area (Å²) < 4.78 is 5.63. The molecule has 1 aromatic carbocycles. The van der Waals surface area contributed by atoms with Crippen LogP contribution in [0.25, 0.3) is 0 Å². The highest BCUT2D eigenvalue weighted by molar-refractivity contribution is 6.42. The maximum absolute atomic E-state index is 6.23. The lowest BCUT2D eigenvalue weighted by atomic mass is 9.68. The van der Waals surface area contributed by atoms with Gasteiger partial charge in [0.2, 0.25) is 0 Å². The molecule has 2 atom stereocenters. The van der Waals surface area contributed by atoms with Gasteiger partial charge in [0.05, 0.1) is 16.1 Å². The number of methoxy groups -OCH3 is 1. The Labute approximate surface area is 132 Å². The van der Waals surface area contributed by atoms with E-state index in [9.17, 15) is 0 Å². The molecule has 0 bridgehead atoms. The van der Waals surface area contributed by atoms with E-state index in [0.717, 1.165) is 19.4 Å². The van der Waals surface area contributed by atoms with Crippen LogP contribution in [0.2, 0.25) is 10.0 Å². The summed E-state index contributed by atoms with van der Waals surface area (Å²) in [6.07, 6.45) is 4.88. The van der Waals surface area contributed by atoms with Gasteiger partial charge in [0.15, 0.2) is 0 Å². The van der Waals surface area contributed by atoms with Gasteiger partial charge in [-0.3, -0.25) is 0 Å². The van der Waals surface area contributed by atoms with Gasteiger partial charge in [-0.15, -0.1) is 0 Å². The first-order valence-electron chi connectivity index (χ1n) is 7.10. The Morgan fingerprint density at radius 3 is 2.65 bits per heavy atom. The zero-order valence-electron chi connectivity index (χ0n) is 12.5. The predicted molar refractivity (Wildman–Crippen MR) is 86.0 cm³/mol. The van der Waals surface area contributed by atoms with Crippen LogP contribution in [0.15, 0.2) is 18.2 Å². The predicted octanol–water partition coefficient (Wildman–Crippen LogP) is 4.38. The van der Waals surface area contributed by atoms with Crippen molar-refractivity contribution in [2.24, 2.45) is 0 Å². The first-order valence-corrected chi connectivity index (χ1v) is 7.85. The zero-order valence-corrected chi connectivity index (χ0v) is 14.0. The van der Waals surface area contributed by atoms with E-state index >= 15 is 0 Å². The molecule has 1 aliphatic carbocycles. The molecule has 1 aromatic rings. The van der Waals surface area contributed by atoms with Crippen LogP contribution in [0.3, 0.4) is 0 Å². The molecule has 20 heavy (non-hydrogen) atoms. The Bertz CT molecular complexity index is 464. The van der Waals surface area contributed by atoms with Gasteiger partial charge in [0.1, 0.15) is 0 Å². The van der Waals surface area contributed by atoms with Crippen molar-refractivity contribution >= 4 is 23.2 Å². The number of ether oxygens (including phenoxy) is 1. The average molecular weight is 316 g/mol. The maximum Gasteiger partial charge on any atom is 0.0595 e. The topological polar surface area (TPSA) is 12.5 Å². The quantitative estimate of drug-likeness (QED) is 0.817. The van der Waals surface area contributed by atoms with Crippen LogP contribution in [-0.2, 0) is 10.2 Å². The second-order valence-corrected chi connectivity index (χ2v) is 6.92. The molecule has 0 radical (unpaired) electrons. The van der Waals surface area contributed by atoms with E-state index < -0.39 is 0 Å². The minimum Gasteiger partial charge on any atom is -0.381 e. The third-order valence-electron chi connectivity index (χ3n) is 4.28. The van der Waals surface area contributed by atoms with E-state index in [0.29, 0.717) is 16.1 Å². The van der Waals surface area contributed by atoms with E-state index in [-0.39, 0.29) is 5.41 Å². The number of hydrogen-bond acceptors (Lipinski definition) is 2. The number of nitrogens with zero attached hydrogens (tertiary/aromatic N) is 1. The number of halogens is 2. The van der Waals surface area contributed by atoms with E-state index in [1.165, 1.54) is 18.4 Å². The van der Waals surface area contributed by atoms with Gasteiger partial charge >= 0.3 is 0 Å². The van der Waals surface area contributed by atoms with Crippen LogP contribution in [-0.4, -0.2) is 38.8 Å². The molecule has 4 heteroatoms. The molecule has 0 amide bonds. The molecule has 0 heterocycles. The summed E-state index contributed by atoms with van der Waals surface area (Å²) in [7, 11) is 6.05. The van der Waals surface area contributed by atoms with Crippen molar-refractivity contribution in [3.05, 3.63) is 33.8 Å². The Morgan fingerprint density at radius 1 is 1.30 bits per heavy atom. The SMILES string of the molecule is CO[C@H]1CCC[C@](CN(C)C)(c2ccc(Cl)c(Cl)c2)C1. The average Bonchev–Trinajstić information content (AvgIpc) is 2.41. The fraction of sp³-hybridized carbons (Fsp3) is 0.625. The van der Waals surface area contributed by atoms with Crippen molar-refractivity contribution < 1.29 is 4.74 Å². The van der Waals surface area contributed by atoms with Crippen LogP contribution in [0.4, 0.5) is 0 Å². The number of likely N-dealkylation sites (N-methyl/N-ethyl adjacent to an activating group) is 1. The van der Waals surface area contributed by atoms with Crippen molar-refractivity contribution in [2.45, 2.75) is 37.2 Å². The molecule has 0 N–H and O–H groups in total. The van der Waals surface area contributed by atoms with Crippen molar-refractivity contribution in [1.82, 2.24) is 4.90 Å². The summed E-state index contributed by atoms with van der Waals surface area (Å²) in [5.74, 6) is 0. The van der Waals surface area contributed by atoms with E-state index in [4.69, 9.17) is 27.9 Å². The Hall–Kier alpha value is -0.280. The number of rotatable bonds is 4. The van der Waals surface area contributed by atoms with Crippen LogP contribution in [0.1, 0.15) is 31.2 Å². The lowest BCUT2D eigenvalue weighted by molar-refractivity contribution is 0.0320. The van der Waals surface area contributed by atoms with Gasteiger partial charge in [-0.25, -0.2) is 0 Å². The molecule has 2 nitrogen and oxygen atoms in total. The summed E-state index contributed by atoms with van der Waals surface area (Å²) >= 11 is 12.3. The van der Waals surface area contributed by atoms with E-state index in [1.54, 1.807) is 0 Å². The monoisotopic (exact) mass is 315 g/mol. The minimum absolute atomic E-state index is 0.108. The molecule has 0 aliphatic heterocycles. The standard InChI is InChI=1S/C16H23Cl2NO/c1-19(2)11-16(8-4-5-13(10-16)20-3)12-6-7-14(17)15(18)9-12/h6-7,9,13H,4-5,8,10-11H2,1-3H3/t13-,16-/m0/s1. The number of benzene rings is 1. The highest BCUT2D eigenvalue weighted by Gasteiger charge is 2.38. The Morgan fingerprint density at radius 2 is 2.05 bits per heavy atom. The zero-order chi connectivity index (χ0) is 14.8. The van der Waals surface area contributed by atoms with Crippen molar-refractivity contribution in [3.63, 3.8) is 0 Å². The maximum atomic E-state index is 6.23. The lowest BCUT2D eigenvalue weighted by Gasteiger charge is -2.43. The molecular weight excluding hydrogens is 293 g/mol. The van der Waals surface area contributed by atoms with Crippen LogP contribution in [0.5, 0.6) is 0 Å². The molecule has 2 rings (SSSR count). The fourth-order valence-corrected chi connectivity index (χ4v) is 3.74. The molecule has 0 saturated heterocycles. The first-order chi connectivity index (χ1) is 9.47. The summed E-state index contributed by atoms with van der Waals surface area (Å²) in [4.78, 5) is 2.25. The largest absolute Gasteiger partial charge is 0.381 e. The molecular formula is C16H23Cl2NO. The highest BCUT2D eigenvalue weighted by atomic mass is 35.5. The third-order valence-corrected chi connectivity index (χ3v) is 5.02. The Kier molecular flexibility index (Phi) is 5.36. The summed E-state index contributed by atoms with van der Waals surface area (Å²) in [6.45, 7) is 1.00. The van der Waals surface area contributed by atoms with Gasteiger partial charge in [0, 0.05) is 19.1 Å². The normalized spacial score (nSPS) is 27.0. The second kappa shape index (κ2) is 6.65. The lowest BCUT2D eigenvalue weighted by Crippen LogP contribution is -2.43. The first kappa shape index (κ1) is 16.1. The Balaban J connectivity index is 2.37. The van der Waals surface area contributed by atoms with E-state index in [1.807, 2.05) is 19.2 Å². The van der Waals surface area contributed by atoms with Crippen LogP contribution in [0, 0.1) is 0 Å². The third kappa shape index (κ3) is 3.48. The van der Waals surface area contributed by atoms with E-state index in [2.05, 4.69) is 25.1 Å². The molecule has 1 saturated carbocycles. The van der Waals surface area contributed by atoms with Crippen molar-refractivity contribution in [2.75, 3.05) is 27.7 Å². The van der Waals surface area contributed by atoms with Gasteiger partial charge < -0.3 is 9.64 Å². The van der Waals surface area contributed by atoms with Crippen molar-refractivity contribution in [3.8, 4) is 0 Å². The highest BCUT2D eigenvalue weighted by Crippen LogP contribution is 2.42. The van der Waals surface area contributed by atoms with Gasteiger partial charge in [-0.1, -0.05) is 29.3 Å². The van der Waals surface area contributed by atoms with Gasteiger partial charge in [-0.05, 0) is 57.5 Å². The minimum atomic E-state index is 0.108. The summed E-state index contributed by atoms with van der Waals surface area (Å²) in [5, 5.41) is 1.26. The molecule has 112 valence electrons. The van der Waals surface area contributed by atoms with Crippen LogP contribution >= 0.6 is 23.2 Å². The van der Waals surface area contributed by atoms with Gasteiger partial charge in [-0.2, -0.15) is 0 Å². The summed E-state index contributed by atoms with van der Waals surface area (Å²) in [6, 6.07) is 6.06. The molecule has 0 aromatic heterocycles. The van der Waals surface area contributed by atoms with Gasteiger partial charge in [0.25, 0.3) is 0 Å². The smallest absolute Gasteiger partial charge is 0.0595 e. The molecule has 0 spiro atoms. The fourth-order valence-electron chi connectivity index (χ4n) is 3.44. The van der Waals surface area contributed by atoms with Crippen molar-refractivity contribution in [1.29, 1.82) is 0 Å². The van der Waals surface area contributed by atoms with Crippen LogP contribution < -0.4 is 0 Å².